The SMILES string of the molecule is C[N+]1(C)C=C(CCCS(=O)(=O)O)c2c1ccc1ccccc21. The minimum Gasteiger partial charge on any atom is -0.286 e. The van der Waals surface area contributed by atoms with Gasteiger partial charge in [-0.2, -0.15) is 8.42 Å². The highest BCUT2D eigenvalue weighted by molar-refractivity contribution is 7.85. The van der Waals surface area contributed by atoms with E-state index in [-0.39, 0.29) is 5.75 Å². The molecule has 0 unspecified atom stereocenters. The predicted octanol–water partition coefficient (Wildman–Crippen LogP) is 3.43. The van der Waals surface area contributed by atoms with E-state index in [2.05, 4.69) is 44.6 Å². The van der Waals surface area contributed by atoms with E-state index in [0.29, 0.717) is 17.3 Å². The second kappa shape index (κ2) is 5.19. The Kier molecular flexibility index (Phi) is 3.59. The molecule has 0 aliphatic carbocycles. The van der Waals surface area contributed by atoms with Gasteiger partial charge in [0, 0.05) is 11.6 Å². The van der Waals surface area contributed by atoms with Crippen molar-refractivity contribution in [3.8, 4) is 0 Å². The van der Waals surface area contributed by atoms with Crippen LogP contribution in [-0.2, 0) is 10.1 Å². The highest BCUT2D eigenvalue weighted by Gasteiger charge is 2.32. The molecule has 1 N–H and O–H groups in total. The first kappa shape index (κ1) is 15.2. The van der Waals surface area contributed by atoms with Crippen molar-refractivity contribution in [2.24, 2.45) is 0 Å². The van der Waals surface area contributed by atoms with E-state index in [0.717, 1.165) is 5.57 Å². The molecule has 116 valence electrons. The summed E-state index contributed by atoms with van der Waals surface area (Å²) in [6, 6.07) is 12.5. The van der Waals surface area contributed by atoms with Crippen molar-refractivity contribution in [2.75, 3.05) is 19.8 Å². The number of benzene rings is 2. The normalized spacial score (nSPS) is 16.6. The lowest BCUT2D eigenvalue weighted by Gasteiger charge is -2.21. The number of rotatable bonds is 4. The lowest BCUT2D eigenvalue weighted by atomic mass is 9.96. The van der Waals surface area contributed by atoms with E-state index >= 15 is 0 Å². The van der Waals surface area contributed by atoms with Crippen LogP contribution < -0.4 is 4.48 Å². The van der Waals surface area contributed by atoms with E-state index < -0.39 is 10.1 Å². The summed E-state index contributed by atoms with van der Waals surface area (Å²) in [5.74, 6) is -0.197. The lowest BCUT2D eigenvalue weighted by molar-refractivity contribution is 0.481. The van der Waals surface area contributed by atoms with E-state index in [4.69, 9.17) is 4.55 Å². The molecule has 3 rings (SSSR count). The predicted molar refractivity (Wildman–Crippen MR) is 91.2 cm³/mol. The number of hydrogen-bond donors (Lipinski definition) is 1. The molecule has 2 aromatic carbocycles. The Bertz CT molecular complexity index is 867. The van der Waals surface area contributed by atoms with Crippen LogP contribution in [0.1, 0.15) is 18.4 Å². The van der Waals surface area contributed by atoms with Crippen LogP contribution >= 0.6 is 0 Å². The summed E-state index contributed by atoms with van der Waals surface area (Å²) in [6.45, 7) is 0. The zero-order valence-corrected chi connectivity index (χ0v) is 13.6. The fourth-order valence-corrected chi connectivity index (χ4v) is 3.75. The topological polar surface area (TPSA) is 54.4 Å². The molecule has 5 heteroatoms. The molecule has 0 bridgehead atoms. The maximum absolute atomic E-state index is 10.9. The standard InChI is InChI=1S/C17H19NO3S/c1-18(2)12-14(7-5-11-22(19,20)21)17-15-8-4-3-6-13(15)9-10-16(17)18/h3-4,6,8-10,12H,5,7,11H2,1-2H3/p+1. The van der Waals surface area contributed by atoms with Crippen molar-refractivity contribution >= 4 is 32.2 Å². The quantitative estimate of drug-likeness (QED) is 0.694. The van der Waals surface area contributed by atoms with Crippen LogP contribution in [0.15, 0.2) is 42.6 Å². The summed E-state index contributed by atoms with van der Waals surface area (Å²) in [5.41, 5.74) is 3.58. The Labute approximate surface area is 131 Å². The van der Waals surface area contributed by atoms with Gasteiger partial charge in [0.25, 0.3) is 10.1 Å². The van der Waals surface area contributed by atoms with Gasteiger partial charge in [0.05, 0.1) is 25.4 Å². The third-order valence-corrected chi connectivity index (χ3v) is 4.98. The Morgan fingerprint density at radius 1 is 1.09 bits per heavy atom. The highest BCUT2D eigenvalue weighted by Crippen LogP contribution is 2.43. The first-order valence-corrected chi connectivity index (χ1v) is 8.92. The minimum absolute atomic E-state index is 0.197. The van der Waals surface area contributed by atoms with Gasteiger partial charge < -0.3 is 0 Å². The molecular formula is C17H20NO3S+. The molecule has 0 fully saturated rings. The molecule has 22 heavy (non-hydrogen) atoms. The summed E-state index contributed by atoms with van der Waals surface area (Å²) in [6.07, 6.45) is 3.23. The molecule has 1 aliphatic heterocycles. The molecule has 0 saturated carbocycles. The van der Waals surface area contributed by atoms with Gasteiger partial charge in [0.1, 0.15) is 11.9 Å². The first-order valence-electron chi connectivity index (χ1n) is 7.31. The van der Waals surface area contributed by atoms with Crippen LogP contribution in [0.4, 0.5) is 5.69 Å². The third-order valence-electron chi connectivity index (χ3n) is 4.18. The van der Waals surface area contributed by atoms with Gasteiger partial charge in [-0.3, -0.25) is 9.04 Å². The van der Waals surface area contributed by atoms with Crippen molar-refractivity contribution in [2.45, 2.75) is 12.8 Å². The molecule has 0 aromatic heterocycles. The van der Waals surface area contributed by atoms with Gasteiger partial charge in [-0.15, -0.1) is 0 Å². The Morgan fingerprint density at radius 2 is 1.82 bits per heavy atom. The summed E-state index contributed by atoms with van der Waals surface area (Å²) in [4.78, 5) is 0. The number of quaternary nitrogens is 1. The fourth-order valence-electron chi connectivity index (χ4n) is 3.24. The second-order valence-electron chi connectivity index (χ2n) is 6.26. The van der Waals surface area contributed by atoms with Crippen molar-refractivity contribution in [1.82, 2.24) is 4.48 Å². The summed E-state index contributed by atoms with van der Waals surface area (Å²) < 4.78 is 31.4. The van der Waals surface area contributed by atoms with Gasteiger partial charge in [0.2, 0.25) is 0 Å². The van der Waals surface area contributed by atoms with E-state index in [1.54, 1.807) is 0 Å². The summed E-state index contributed by atoms with van der Waals surface area (Å²) in [5, 5.41) is 2.38. The van der Waals surface area contributed by atoms with Crippen LogP contribution in [0.3, 0.4) is 0 Å². The van der Waals surface area contributed by atoms with Crippen molar-refractivity contribution in [3.05, 3.63) is 48.2 Å². The summed E-state index contributed by atoms with van der Waals surface area (Å²) >= 11 is 0. The van der Waals surface area contributed by atoms with E-state index in [9.17, 15) is 8.42 Å². The second-order valence-corrected chi connectivity index (χ2v) is 7.84. The van der Waals surface area contributed by atoms with Crippen LogP contribution in [0, 0.1) is 0 Å². The smallest absolute Gasteiger partial charge is 0.264 e. The van der Waals surface area contributed by atoms with Crippen molar-refractivity contribution < 1.29 is 13.0 Å². The Balaban J connectivity index is 2.02. The van der Waals surface area contributed by atoms with Gasteiger partial charge in [0.15, 0.2) is 0 Å². The molecule has 4 nitrogen and oxygen atoms in total. The molecular weight excluding hydrogens is 298 g/mol. The number of allylic oxidation sites excluding steroid dienone is 1. The van der Waals surface area contributed by atoms with Crippen molar-refractivity contribution in [1.29, 1.82) is 0 Å². The zero-order chi connectivity index (χ0) is 16.0. The maximum atomic E-state index is 10.9. The number of fused-ring (bicyclic) bond motifs is 3. The molecule has 0 spiro atoms. The molecule has 1 heterocycles. The zero-order valence-electron chi connectivity index (χ0n) is 12.8. The molecule has 0 radical (unpaired) electrons. The van der Waals surface area contributed by atoms with Gasteiger partial charge >= 0.3 is 0 Å². The summed E-state index contributed by atoms with van der Waals surface area (Å²) in [7, 11) is 0.332. The molecule has 0 saturated heterocycles. The van der Waals surface area contributed by atoms with E-state index in [1.807, 2.05) is 12.1 Å². The average Bonchev–Trinajstić information content (AvgIpc) is 2.69. The lowest BCUT2D eigenvalue weighted by Crippen LogP contribution is -2.31. The van der Waals surface area contributed by atoms with Crippen LogP contribution in [0.25, 0.3) is 16.3 Å². The monoisotopic (exact) mass is 318 g/mol. The van der Waals surface area contributed by atoms with Gasteiger partial charge in [-0.25, -0.2) is 0 Å². The molecule has 0 atom stereocenters. The maximum Gasteiger partial charge on any atom is 0.264 e. The number of nitrogens with zero attached hydrogens (tertiary/aromatic N) is 1. The fraction of sp³-hybridized carbons (Fsp3) is 0.294. The molecule has 2 aromatic rings. The van der Waals surface area contributed by atoms with Gasteiger partial charge in [-0.05, 0) is 29.7 Å². The van der Waals surface area contributed by atoms with Crippen LogP contribution in [-0.4, -0.2) is 32.8 Å². The van der Waals surface area contributed by atoms with Crippen LogP contribution in [0.5, 0.6) is 0 Å². The number of hydrogen-bond acceptors (Lipinski definition) is 2. The molecule has 1 aliphatic rings. The first-order chi connectivity index (χ1) is 10.3. The largest absolute Gasteiger partial charge is 0.286 e. The Hall–Kier alpha value is -1.69. The van der Waals surface area contributed by atoms with E-state index in [1.165, 1.54) is 22.0 Å². The van der Waals surface area contributed by atoms with Crippen molar-refractivity contribution in [3.63, 3.8) is 0 Å². The third kappa shape index (κ3) is 2.79. The average molecular weight is 318 g/mol. The van der Waals surface area contributed by atoms with Gasteiger partial charge in [-0.1, -0.05) is 24.3 Å². The highest BCUT2D eigenvalue weighted by atomic mass is 32.2. The Morgan fingerprint density at radius 3 is 2.55 bits per heavy atom. The minimum atomic E-state index is -3.90. The molecule has 0 amide bonds. The van der Waals surface area contributed by atoms with Crippen LogP contribution in [0.2, 0.25) is 0 Å².